The minimum absolute atomic E-state index is 0.139. The zero-order chi connectivity index (χ0) is 6.69. The summed E-state index contributed by atoms with van der Waals surface area (Å²) in [5.41, 5.74) is 6.27. The van der Waals surface area contributed by atoms with Gasteiger partial charge in [0.15, 0.2) is 0 Å². The average Bonchev–Trinajstić information content (AvgIpc) is 1.89. The molecule has 0 saturated heterocycles. The lowest BCUT2D eigenvalue weighted by molar-refractivity contribution is 0.466. The zero-order valence-electron chi connectivity index (χ0n) is 4.99. The lowest BCUT2D eigenvalue weighted by Gasteiger charge is -2.08. The summed E-state index contributed by atoms with van der Waals surface area (Å²) in [4.78, 5) is 0. The predicted molar refractivity (Wildman–Crippen MR) is 37.0 cm³/mol. The van der Waals surface area contributed by atoms with Crippen LogP contribution in [0.25, 0.3) is 0 Å². The fourth-order valence-electron chi connectivity index (χ4n) is 0.702. The highest BCUT2D eigenvalue weighted by atomic mass is 16.2. The molecule has 3 N–H and O–H groups in total. The van der Waals surface area contributed by atoms with E-state index in [1.807, 2.05) is 18.2 Å². The second kappa shape index (κ2) is 2.51. The molecule has 0 radical (unpaired) electrons. The Balaban J connectivity index is 2.78. The molecule has 0 aromatic heterocycles. The maximum atomic E-state index is 8.53. The van der Waals surface area contributed by atoms with Crippen molar-refractivity contribution >= 4 is 0 Å². The fourth-order valence-corrected chi connectivity index (χ4v) is 0.702. The van der Waals surface area contributed by atoms with Crippen LogP contribution in [-0.4, -0.2) is 11.1 Å². The number of aliphatic hydroxyl groups excluding tert-OH is 1. The Morgan fingerprint density at radius 3 is 2.78 bits per heavy atom. The van der Waals surface area contributed by atoms with Crippen molar-refractivity contribution in [1.82, 2.24) is 0 Å². The summed E-state index contributed by atoms with van der Waals surface area (Å²) >= 11 is 0. The third kappa shape index (κ3) is 1.21. The van der Waals surface area contributed by atoms with E-state index in [-0.39, 0.29) is 6.04 Å². The monoisotopic (exact) mass is 123 g/mol. The first kappa shape index (κ1) is 6.11. The van der Waals surface area contributed by atoms with E-state index in [0.29, 0.717) is 0 Å². The van der Waals surface area contributed by atoms with Gasteiger partial charge < -0.3 is 10.8 Å². The Hall–Kier alpha value is -1.02. The Morgan fingerprint density at radius 2 is 2.33 bits per heavy atom. The molecule has 0 amide bonds. The molecule has 0 aromatic rings. The number of hydrogen-bond donors (Lipinski definition) is 2. The Labute approximate surface area is 54.0 Å². The largest absolute Gasteiger partial charge is 0.515 e. The summed E-state index contributed by atoms with van der Waals surface area (Å²) in [5, 5.41) is 8.53. The molecule has 9 heavy (non-hydrogen) atoms. The maximum Gasteiger partial charge on any atom is 0.0842 e. The second-order valence-corrected chi connectivity index (χ2v) is 1.90. The quantitative estimate of drug-likeness (QED) is 0.470. The van der Waals surface area contributed by atoms with E-state index < -0.39 is 0 Å². The molecule has 0 aromatic carbocycles. The van der Waals surface area contributed by atoms with Crippen LogP contribution in [0.1, 0.15) is 0 Å². The molecule has 1 aliphatic rings. The van der Waals surface area contributed by atoms with Crippen LogP contribution in [-0.2, 0) is 0 Å². The van der Waals surface area contributed by atoms with Gasteiger partial charge in [-0.3, -0.25) is 0 Å². The van der Waals surface area contributed by atoms with Crippen molar-refractivity contribution in [2.45, 2.75) is 6.04 Å². The van der Waals surface area contributed by atoms with Gasteiger partial charge in [0.2, 0.25) is 0 Å². The SMILES string of the molecule is NC1C=CC=CC1=CO. The van der Waals surface area contributed by atoms with E-state index in [2.05, 4.69) is 0 Å². The minimum Gasteiger partial charge on any atom is -0.515 e. The van der Waals surface area contributed by atoms with Crippen molar-refractivity contribution in [3.8, 4) is 0 Å². The molecule has 48 valence electrons. The third-order valence-electron chi connectivity index (χ3n) is 1.25. The Bertz CT molecular complexity index is 179. The second-order valence-electron chi connectivity index (χ2n) is 1.90. The first-order valence-corrected chi connectivity index (χ1v) is 2.79. The topological polar surface area (TPSA) is 46.2 Å². The molecular weight excluding hydrogens is 114 g/mol. The van der Waals surface area contributed by atoms with Crippen LogP contribution in [0.15, 0.2) is 36.1 Å². The first-order chi connectivity index (χ1) is 4.34. The van der Waals surface area contributed by atoms with Gasteiger partial charge in [0.05, 0.1) is 12.3 Å². The van der Waals surface area contributed by atoms with E-state index in [4.69, 9.17) is 10.8 Å². The van der Waals surface area contributed by atoms with Gasteiger partial charge in [-0.15, -0.1) is 0 Å². The highest BCUT2D eigenvalue weighted by molar-refractivity contribution is 5.34. The first-order valence-electron chi connectivity index (χ1n) is 2.79. The van der Waals surface area contributed by atoms with E-state index in [0.717, 1.165) is 11.8 Å². The Kier molecular flexibility index (Phi) is 1.70. The number of nitrogens with two attached hydrogens (primary N) is 1. The van der Waals surface area contributed by atoms with Gasteiger partial charge in [-0.1, -0.05) is 24.3 Å². The van der Waals surface area contributed by atoms with Crippen LogP contribution in [0.5, 0.6) is 0 Å². The molecule has 1 atom stereocenters. The number of rotatable bonds is 0. The molecule has 0 spiro atoms. The van der Waals surface area contributed by atoms with Crippen LogP contribution in [0, 0.1) is 0 Å². The molecule has 0 fully saturated rings. The van der Waals surface area contributed by atoms with E-state index in [9.17, 15) is 0 Å². The summed E-state index contributed by atoms with van der Waals surface area (Å²) in [6.45, 7) is 0. The van der Waals surface area contributed by atoms with Crippen LogP contribution in [0.3, 0.4) is 0 Å². The highest BCUT2D eigenvalue weighted by Gasteiger charge is 2.03. The predicted octanol–water partition coefficient (Wildman–Crippen LogP) is 0.882. The lowest BCUT2D eigenvalue weighted by atomic mass is 10.1. The number of allylic oxidation sites excluding steroid dienone is 2. The van der Waals surface area contributed by atoms with Crippen molar-refractivity contribution < 1.29 is 5.11 Å². The van der Waals surface area contributed by atoms with Crippen molar-refractivity contribution in [2.75, 3.05) is 0 Å². The fraction of sp³-hybridized carbons (Fsp3) is 0.143. The molecule has 2 nitrogen and oxygen atoms in total. The summed E-state index contributed by atoms with van der Waals surface area (Å²) < 4.78 is 0. The maximum absolute atomic E-state index is 8.53. The molecule has 0 heterocycles. The molecule has 2 heteroatoms. The van der Waals surface area contributed by atoms with Crippen LogP contribution >= 0.6 is 0 Å². The van der Waals surface area contributed by atoms with Gasteiger partial charge in [0.1, 0.15) is 0 Å². The van der Waals surface area contributed by atoms with Gasteiger partial charge in [-0.2, -0.15) is 0 Å². The van der Waals surface area contributed by atoms with E-state index in [1.165, 1.54) is 0 Å². The highest BCUT2D eigenvalue weighted by Crippen LogP contribution is 2.07. The van der Waals surface area contributed by atoms with Gasteiger partial charge in [-0.25, -0.2) is 0 Å². The zero-order valence-corrected chi connectivity index (χ0v) is 4.99. The minimum atomic E-state index is -0.139. The normalized spacial score (nSPS) is 29.4. The van der Waals surface area contributed by atoms with Gasteiger partial charge in [0.25, 0.3) is 0 Å². The molecule has 0 aliphatic heterocycles. The van der Waals surface area contributed by atoms with Crippen molar-refractivity contribution in [3.63, 3.8) is 0 Å². The van der Waals surface area contributed by atoms with Crippen molar-refractivity contribution in [2.24, 2.45) is 5.73 Å². The molecule has 0 saturated carbocycles. The smallest absolute Gasteiger partial charge is 0.0842 e. The third-order valence-corrected chi connectivity index (χ3v) is 1.25. The molecule has 1 aliphatic carbocycles. The van der Waals surface area contributed by atoms with E-state index in [1.54, 1.807) is 6.08 Å². The summed E-state index contributed by atoms with van der Waals surface area (Å²) in [7, 11) is 0. The Morgan fingerprint density at radius 1 is 1.56 bits per heavy atom. The molecule has 1 rings (SSSR count). The van der Waals surface area contributed by atoms with Crippen molar-refractivity contribution in [1.29, 1.82) is 0 Å². The van der Waals surface area contributed by atoms with Crippen molar-refractivity contribution in [3.05, 3.63) is 36.1 Å². The summed E-state index contributed by atoms with van der Waals surface area (Å²) in [5.74, 6) is 0. The van der Waals surface area contributed by atoms with Crippen LogP contribution in [0.2, 0.25) is 0 Å². The lowest BCUT2D eigenvalue weighted by Crippen LogP contribution is -2.19. The average molecular weight is 123 g/mol. The standard InChI is InChI=1S/C7H9NO/c8-7-4-2-1-3-6(7)5-9/h1-5,7,9H,8H2. The van der Waals surface area contributed by atoms with Gasteiger partial charge in [-0.05, 0) is 0 Å². The summed E-state index contributed by atoms with van der Waals surface area (Å²) in [6, 6.07) is -0.139. The molecule has 0 bridgehead atoms. The van der Waals surface area contributed by atoms with Crippen LogP contribution < -0.4 is 5.73 Å². The van der Waals surface area contributed by atoms with Gasteiger partial charge >= 0.3 is 0 Å². The number of aliphatic hydroxyl groups is 1. The van der Waals surface area contributed by atoms with Crippen LogP contribution in [0.4, 0.5) is 0 Å². The number of hydrogen-bond acceptors (Lipinski definition) is 2. The molecule has 1 unspecified atom stereocenters. The molecular formula is C7H9NO. The summed E-state index contributed by atoms with van der Waals surface area (Å²) in [6.07, 6.45) is 8.33. The van der Waals surface area contributed by atoms with Gasteiger partial charge in [0, 0.05) is 5.57 Å². The van der Waals surface area contributed by atoms with E-state index >= 15 is 0 Å².